The van der Waals surface area contributed by atoms with Crippen molar-refractivity contribution in [3.8, 4) is 6.07 Å². The van der Waals surface area contributed by atoms with Gasteiger partial charge < -0.3 is 5.32 Å². The number of aryl methyl sites for hydroxylation is 2. The maximum atomic E-state index is 12.2. The largest absolute Gasteiger partial charge is 0.321 e. The third kappa shape index (κ3) is 3.74. The Labute approximate surface area is 133 Å². The summed E-state index contributed by atoms with van der Waals surface area (Å²) in [6.45, 7) is 4.54. The molecule has 0 atom stereocenters. The molecule has 1 amide bonds. The van der Waals surface area contributed by atoms with Gasteiger partial charge in [0.15, 0.2) is 0 Å². The predicted molar refractivity (Wildman–Crippen MR) is 86.3 cm³/mol. The van der Waals surface area contributed by atoms with Crippen molar-refractivity contribution in [2.75, 3.05) is 5.32 Å². The lowest BCUT2D eigenvalue weighted by molar-refractivity contribution is -0.112. The van der Waals surface area contributed by atoms with Crippen LogP contribution in [0.2, 0.25) is 5.02 Å². The third-order valence-corrected chi connectivity index (χ3v) is 3.33. The van der Waals surface area contributed by atoms with Crippen molar-refractivity contribution in [2.45, 2.75) is 20.4 Å². The van der Waals surface area contributed by atoms with E-state index in [0.29, 0.717) is 10.7 Å². The van der Waals surface area contributed by atoms with Crippen molar-refractivity contribution in [1.29, 1.82) is 5.26 Å². The quantitative estimate of drug-likeness (QED) is 0.694. The first-order chi connectivity index (χ1) is 10.5. The van der Waals surface area contributed by atoms with Crippen LogP contribution in [-0.2, 0) is 11.3 Å². The van der Waals surface area contributed by atoms with Gasteiger partial charge in [0.05, 0.1) is 5.69 Å². The number of nitrogens with zero attached hydrogens (tertiary/aromatic N) is 3. The molecule has 0 bridgehead atoms. The van der Waals surface area contributed by atoms with Crippen LogP contribution < -0.4 is 5.32 Å². The zero-order valence-corrected chi connectivity index (χ0v) is 13.1. The molecule has 1 N–H and O–H groups in total. The van der Waals surface area contributed by atoms with E-state index >= 15 is 0 Å². The second kappa shape index (κ2) is 6.92. The lowest BCUT2D eigenvalue weighted by atomic mass is 10.1. The van der Waals surface area contributed by atoms with Crippen LogP contribution in [0.3, 0.4) is 0 Å². The van der Waals surface area contributed by atoms with Crippen LogP contribution >= 0.6 is 11.6 Å². The average Bonchev–Trinajstić information content (AvgIpc) is 2.87. The summed E-state index contributed by atoms with van der Waals surface area (Å²) in [4.78, 5) is 12.2. The highest BCUT2D eigenvalue weighted by molar-refractivity contribution is 6.30. The molecular formula is C16H15ClN4O. The van der Waals surface area contributed by atoms with Crippen LogP contribution in [0.4, 0.5) is 5.69 Å². The molecule has 0 aliphatic rings. The molecule has 0 fully saturated rings. The molecule has 0 saturated heterocycles. The molecular weight excluding hydrogens is 300 g/mol. The summed E-state index contributed by atoms with van der Waals surface area (Å²) in [5.74, 6) is -0.464. The van der Waals surface area contributed by atoms with Gasteiger partial charge in [0.1, 0.15) is 11.6 Å². The maximum Gasteiger partial charge on any atom is 0.266 e. The number of nitrogens with one attached hydrogen (secondary N) is 1. The Bertz CT molecular complexity index is 753. The van der Waals surface area contributed by atoms with Gasteiger partial charge in [-0.25, -0.2) is 0 Å². The molecule has 0 spiro atoms. The number of carbonyl (C=O) groups excluding carboxylic acids is 1. The van der Waals surface area contributed by atoms with Crippen molar-refractivity contribution in [3.63, 3.8) is 0 Å². The molecule has 112 valence electrons. The minimum Gasteiger partial charge on any atom is -0.321 e. The molecule has 0 saturated carbocycles. The van der Waals surface area contributed by atoms with Crippen LogP contribution in [0, 0.1) is 18.3 Å². The van der Waals surface area contributed by atoms with Gasteiger partial charge in [-0.2, -0.15) is 10.4 Å². The first-order valence-corrected chi connectivity index (χ1v) is 7.14. The summed E-state index contributed by atoms with van der Waals surface area (Å²) in [7, 11) is 0. The fourth-order valence-electron chi connectivity index (χ4n) is 1.87. The van der Waals surface area contributed by atoms with E-state index in [4.69, 9.17) is 11.6 Å². The Morgan fingerprint density at radius 3 is 2.68 bits per heavy atom. The van der Waals surface area contributed by atoms with Gasteiger partial charge in [-0.1, -0.05) is 11.6 Å². The van der Waals surface area contributed by atoms with Crippen LogP contribution in [-0.4, -0.2) is 15.7 Å². The fourth-order valence-corrected chi connectivity index (χ4v) is 2.00. The summed E-state index contributed by atoms with van der Waals surface area (Å²) in [6, 6.07) is 8.61. The zero-order valence-electron chi connectivity index (χ0n) is 12.3. The van der Waals surface area contributed by atoms with Gasteiger partial charge in [0.2, 0.25) is 0 Å². The number of hydrogen-bond donors (Lipinski definition) is 1. The van der Waals surface area contributed by atoms with Crippen molar-refractivity contribution in [1.82, 2.24) is 9.78 Å². The van der Waals surface area contributed by atoms with E-state index in [0.717, 1.165) is 17.8 Å². The summed E-state index contributed by atoms with van der Waals surface area (Å²) in [5, 5.41) is 16.7. The number of benzene rings is 1. The molecule has 1 aromatic carbocycles. The van der Waals surface area contributed by atoms with E-state index in [2.05, 4.69) is 10.4 Å². The Hall–Kier alpha value is -2.58. The van der Waals surface area contributed by atoms with Crippen LogP contribution in [0.25, 0.3) is 6.08 Å². The second-order valence-electron chi connectivity index (χ2n) is 4.66. The Morgan fingerprint density at radius 1 is 1.45 bits per heavy atom. The molecule has 0 unspecified atom stereocenters. The topological polar surface area (TPSA) is 70.7 Å². The van der Waals surface area contributed by atoms with Crippen molar-refractivity contribution in [2.24, 2.45) is 0 Å². The zero-order chi connectivity index (χ0) is 16.1. The normalized spacial score (nSPS) is 11.1. The first kappa shape index (κ1) is 15.8. The molecule has 1 heterocycles. The van der Waals surface area contributed by atoms with Crippen LogP contribution in [0.5, 0.6) is 0 Å². The van der Waals surface area contributed by atoms with Gasteiger partial charge in [-0.05, 0) is 44.2 Å². The highest BCUT2D eigenvalue weighted by Crippen LogP contribution is 2.16. The lowest BCUT2D eigenvalue weighted by Gasteiger charge is -2.04. The average molecular weight is 315 g/mol. The number of nitriles is 1. The molecule has 0 radical (unpaired) electrons. The number of amides is 1. The molecule has 0 aliphatic heterocycles. The van der Waals surface area contributed by atoms with E-state index in [-0.39, 0.29) is 5.57 Å². The summed E-state index contributed by atoms with van der Waals surface area (Å²) in [6.07, 6.45) is 3.35. The number of aromatic nitrogens is 2. The van der Waals surface area contributed by atoms with E-state index in [1.807, 2.05) is 26.1 Å². The summed E-state index contributed by atoms with van der Waals surface area (Å²) < 4.78 is 1.76. The summed E-state index contributed by atoms with van der Waals surface area (Å²) >= 11 is 5.79. The van der Waals surface area contributed by atoms with Gasteiger partial charge >= 0.3 is 0 Å². The van der Waals surface area contributed by atoms with Crippen molar-refractivity contribution < 1.29 is 4.79 Å². The van der Waals surface area contributed by atoms with E-state index in [1.54, 1.807) is 35.0 Å². The third-order valence-electron chi connectivity index (χ3n) is 3.08. The van der Waals surface area contributed by atoms with Crippen molar-refractivity contribution in [3.05, 3.63) is 52.3 Å². The predicted octanol–water partition coefficient (Wildman–Crippen LogP) is 3.41. The molecule has 5 nitrogen and oxygen atoms in total. The smallest absolute Gasteiger partial charge is 0.266 e. The Morgan fingerprint density at radius 2 is 2.14 bits per heavy atom. The highest BCUT2D eigenvalue weighted by atomic mass is 35.5. The van der Waals surface area contributed by atoms with Gasteiger partial charge in [0.25, 0.3) is 5.91 Å². The number of carbonyl (C=O) groups is 1. The SMILES string of the molecule is CCn1cc(/C=C(\C#N)C(=O)Nc2ccc(Cl)cc2)c(C)n1. The number of hydrogen-bond acceptors (Lipinski definition) is 3. The second-order valence-corrected chi connectivity index (χ2v) is 5.09. The van der Waals surface area contributed by atoms with Gasteiger partial charge in [-0.15, -0.1) is 0 Å². The molecule has 2 aromatic rings. The maximum absolute atomic E-state index is 12.2. The van der Waals surface area contributed by atoms with Gasteiger partial charge in [-0.3, -0.25) is 9.48 Å². The van der Waals surface area contributed by atoms with E-state index in [9.17, 15) is 10.1 Å². The lowest BCUT2D eigenvalue weighted by Crippen LogP contribution is -2.13. The van der Waals surface area contributed by atoms with E-state index < -0.39 is 5.91 Å². The fraction of sp³-hybridized carbons (Fsp3) is 0.188. The molecule has 1 aromatic heterocycles. The minimum absolute atomic E-state index is 0.0219. The van der Waals surface area contributed by atoms with Crippen LogP contribution in [0.1, 0.15) is 18.2 Å². The monoisotopic (exact) mass is 314 g/mol. The Kier molecular flexibility index (Phi) is 4.97. The molecule has 6 heteroatoms. The minimum atomic E-state index is -0.464. The molecule has 22 heavy (non-hydrogen) atoms. The molecule has 2 rings (SSSR count). The number of anilines is 1. The Balaban J connectivity index is 2.21. The number of halogens is 1. The first-order valence-electron chi connectivity index (χ1n) is 6.76. The van der Waals surface area contributed by atoms with Gasteiger partial charge in [0, 0.05) is 29.0 Å². The number of rotatable bonds is 4. The summed E-state index contributed by atoms with van der Waals surface area (Å²) in [5.41, 5.74) is 2.13. The van der Waals surface area contributed by atoms with Crippen molar-refractivity contribution >= 4 is 29.3 Å². The molecule has 0 aliphatic carbocycles. The standard InChI is InChI=1S/C16H15ClN4O/c1-3-21-10-13(11(2)20-21)8-12(9-18)16(22)19-15-6-4-14(17)5-7-15/h4-8,10H,3H2,1-2H3,(H,19,22)/b12-8+. The van der Waals surface area contributed by atoms with Crippen LogP contribution in [0.15, 0.2) is 36.0 Å². The van der Waals surface area contributed by atoms with E-state index in [1.165, 1.54) is 0 Å². The highest BCUT2D eigenvalue weighted by Gasteiger charge is 2.11.